The average Bonchev–Trinajstić information content (AvgIpc) is 3.83. The molecule has 0 saturated heterocycles. The van der Waals surface area contributed by atoms with Gasteiger partial charge in [-0.3, -0.25) is 0 Å². The number of aryl methyl sites for hydroxylation is 3. The predicted molar refractivity (Wildman–Crippen MR) is 212 cm³/mol. The maximum Gasteiger partial charge on any atom is -0.00108 e. The van der Waals surface area contributed by atoms with E-state index in [1.807, 2.05) is 41.5 Å². The summed E-state index contributed by atoms with van der Waals surface area (Å²) in [5, 5.41) is 0. The number of hydrogen-bond donors (Lipinski definition) is 0. The molecule has 0 nitrogen and oxygen atoms in total. The molecule has 0 unspecified atom stereocenters. The molecule has 6 aromatic rings. The highest BCUT2D eigenvalue weighted by Crippen LogP contribution is 2.39. The molecule has 3 aliphatic rings. The minimum absolute atomic E-state index is 1.10. The summed E-state index contributed by atoms with van der Waals surface area (Å²) in [6, 6.07) is 46.0. The summed E-state index contributed by atoms with van der Waals surface area (Å²) in [5.41, 5.74) is 21.6. The van der Waals surface area contributed by atoms with Crippen molar-refractivity contribution in [2.75, 3.05) is 0 Å². The minimum atomic E-state index is 1.10. The van der Waals surface area contributed by atoms with Gasteiger partial charge in [-0.2, -0.15) is 0 Å². The molecule has 0 saturated carbocycles. The molecule has 0 radical (unpaired) electrons. The summed E-state index contributed by atoms with van der Waals surface area (Å²) in [6.07, 6.45) is 3.32. The molecule has 246 valence electrons. The van der Waals surface area contributed by atoms with Crippen LogP contribution >= 0.6 is 0 Å². The molecule has 0 N–H and O–H groups in total. The lowest BCUT2D eigenvalue weighted by Crippen LogP contribution is -1.84. The summed E-state index contributed by atoms with van der Waals surface area (Å²) in [5.74, 6) is 0. The van der Waals surface area contributed by atoms with E-state index in [-0.39, 0.29) is 0 Å². The predicted octanol–water partition coefficient (Wildman–Crippen LogP) is 13.8. The molecule has 0 aliphatic heterocycles. The fourth-order valence-corrected chi connectivity index (χ4v) is 6.98. The molecule has 0 heteroatoms. The van der Waals surface area contributed by atoms with E-state index in [0.717, 1.165) is 19.3 Å². The molecule has 0 bridgehead atoms. The minimum Gasteiger partial charge on any atom is -0.0683 e. The van der Waals surface area contributed by atoms with Crippen LogP contribution in [-0.4, -0.2) is 0 Å². The third-order valence-corrected chi connectivity index (χ3v) is 9.06. The Bertz CT molecular complexity index is 1940. The van der Waals surface area contributed by atoms with Gasteiger partial charge in [0.15, 0.2) is 0 Å². The van der Waals surface area contributed by atoms with Crippen LogP contribution in [0.5, 0.6) is 0 Å². The van der Waals surface area contributed by atoms with Crippen LogP contribution in [0.2, 0.25) is 0 Å². The Morgan fingerprint density at radius 3 is 1.44 bits per heavy atom. The lowest BCUT2D eigenvalue weighted by molar-refractivity contribution is 1.22. The lowest BCUT2D eigenvalue weighted by Gasteiger charge is -2.03. The van der Waals surface area contributed by atoms with Crippen molar-refractivity contribution in [1.82, 2.24) is 0 Å². The van der Waals surface area contributed by atoms with Crippen LogP contribution in [0.4, 0.5) is 0 Å². The molecular weight excluding hydrogens is 577 g/mol. The summed E-state index contributed by atoms with van der Waals surface area (Å²) in [7, 11) is 0. The molecule has 0 aromatic heterocycles. The fourth-order valence-electron chi connectivity index (χ4n) is 6.98. The molecule has 9 rings (SSSR count). The Kier molecular flexibility index (Phi) is 13.2. The highest BCUT2D eigenvalue weighted by atomic mass is 14.2. The second-order valence-electron chi connectivity index (χ2n) is 11.9. The Hall–Kier alpha value is -4.68. The van der Waals surface area contributed by atoms with Gasteiger partial charge in [-0.1, -0.05) is 174 Å². The Morgan fingerprint density at radius 1 is 0.333 bits per heavy atom. The van der Waals surface area contributed by atoms with Crippen molar-refractivity contribution in [3.8, 4) is 33.4 Å². The molecule has 0 heterocycles. The highest BCUT2D eigenvalue weighted by molar-refractivity contribution is 5.80. The van der Waals surface area contributed by atoms with Crippen molar-refractivity contribution in [1.29, 1.82) is 0 Å². The first-order chi connectivity index (χ1) is 23.6. The van der Waals surface area contributed by atoms with E-state index in [2.05, 4.69) is 148 Å². The van der Waals surface area contributed by atoms with Gasteiger partial charge in [0.25, 0.3) is 0 Å². The van der Waals surface area contributed by atoms with Crippen LogP contribution in [0.15, 0.2) is 127 Å². The molecule has 0 fully saturated rings. The summed E-state index contributed by atoms with van der Waals surface area (Å²) in [6.45, 7) is 18.6. The second kappa shape index (κ2) is 17.5. The molecule has 0 spiro atoms. The first kappa shape index (κ1) is 36.2. The molecule has 6 aromatic carbocycles. The first-order valence-corrected chi connectivity index (χ1v) is 18.1. The normalized spacial score (nSPS) is 11.2. The van der Waals surface area contributed by atoms with Crippen LogP contribution in [0.1, 0.15) is 91.6 Å². The van der Waals surface area contributed by atoms with Gasteiger partial charge in [-0.15, -0.1) is 0 Å². The van der Waals surface area contributed by atoms with Gasteiger partial charge >= 0.3 is 0 Å². The van der Waals surface area contributed by atoms with Crippen molar-refractivity contribution >= 4 is 0 Å². The lowest BCUT2D eigenvalue weighted by atomic mass is 10.0. The maximum absolute atomic E-state index is 2.30. The van der Waals surface area contributed by atoms with Gasteiger partial charge in [0.05, 0.1) is 0 Å². The van der Waals surface area contributed by atoms with Gasteiger partial charge in [-0.05, 0) is 118 Å². The van der Waals surface area contributed by atoms with E-state index in [0.29, 0.717) is 0 Å². The number of benzene rings is 6. The highest BCUT2D eigenvalue weighted by Gasteiger charge is 2.20. The third kappa shape index (κ3) is 7.71. The van der Waals surface area contributed by atoms with Gasteiger partial charge in [0.2, 0.25) is 0 Å². The standard InChI is InChI=1S/3C14H12.3C2H6/c1-10-5-4-7-12-9-11-6-2-3-8-13(11)14(10)12;1-10-5-4-8-13-12-7-3-2-6-11(12)9-14(10)13;1-10-6-7-14-12(8-10)9-11-4-2-3-5-13(11)14;3*1-2/h3*2-8H,9H2,1H3;3*1-2H3. The quantitative estimate of drug-likeness (QED) is 0.156. The van der Waals surface area contributed by atoms with Gasteiger partial charge in [0, 0.05) is 0 Å². The van der Waals surface area contributed by atoms with Crippen molar-refractivity contribution in [3.05, 3.63) is 177 Å². The number of fused-ring (bicyclic) bond motifs is 9. The van der Waals surface area contributed by atoms with Crippen LogP contribution in [0.25, 0.3) is 33.4 Å². The molecule has 48 heavy (non-hydrogen) atoms. The summed E-state index contributed by atoms with van der Waals surface area (Å²) >= 11 is 0. The summed E-state index contributed by atoms with van der Waals surface area (Å²) in [4.78, 5) is 0. The molecule has 0 atom stereocenters. The second-order valence-corrected chi connectivity index (χ2v) is 11.9. The van der Waals surface area contributed by atoms with Crippen molar-refractivity contribution in [2.45, 2.75) is 81.6 Å². The first-order valence-electron chi connectivity index (χ1n) is 18.1. The van der Waals surface area contributed by atoms with Gasteiger partial charge < -0.3 is 0 Å². The van der Waals surface area contributed by atoms with Crippen LogP contribution in [0.3, 0.4) is 0 Å². The topological polar surface area (TPSA) is 0 Å². The average molecular weight is 631 g/mol. The zero-order chi connectivity index (χ0) is 34.6. The largest absolute Gasteiger partial charge is 0.0683 e. The number of rotatable bonds is 0. The molecule has 0 amide bonds. The van der Waals surface area contributed by atoms with Crippen molar-refractivity contribution in [2.24, 2.45) is 0 Å². The third-order valence-electron chi connectivity index (χ3n) is 9.06. The van der Waals surface area contributed by atoms with Crippen LogP contribution in [0, 0.1) is 20.8 Å². The summed E-state index contributed by atoms with van der Waals surface area (Å²) < 4.78 is 0. The van der Waals surface area contributed by atoms with Crippen LogP contribution < -0.4 is 0 Å². The zero-order valence-corrected chi connectivity index (χ0v) is 30.7. The smallest absolute Gasteiger partial charge is 0.00108 e. The number of hydrogen-bond acceptors (Lipinski definition) is 0. The fraction of sp³-hybridized carbons (Fsp3) is 0.250. The Morgan fingerprint density at radius 2 is 0.771 bits per heavy atom. The van der Waals surface area contributed by atoms with Gasteiger partial charge in [0.1, 0.15) is 0 Å². The Balaban J connectivity index is 0.000000151. The monoisotopic (exact) mass is 630 g/mol. The van der Waals surface area contributed by atoms with Crippen molar-refractivity contribution < 1.29 is 0 Å². The van der Waals surface area contributed by atoms with E-state index < -0.39 is 0 Å². The van der Waals surface area contributed by atoms with E-state index >= 15 is 0 Å². The Labute approximate surface area is 291 Å². The van der Waals surface area contributed by atoms with Crippen LogP contribution in [-0.2, 0) is 19.3 Å². The van der Waals surface area contributed by atoms with Crippen molar-refractivity contribution in [3.63, 3.8) is 0 Å². The van der Waals surface area contributed by atoms with E-state index in [4.69, 9.17) is 0 Å². The SMILES string of the molecule is CC.CC.CC.Cc1ccc2c(c1)Cc1ccccc1-2.Cc1cccc2c1-c1ccccc1C2.Cc1cccc2c1Cc1ccccc1-2. The zero-order valence-electron chi connectivity index (χ0n) is 30.7. The van der Waals surface area contributed by atoms with Gasteiger partial charge in [-0.25, -0.2) is 0 Å². The van der Waals surface area contributed by atoms with E-state index in [1.165, 1.54) is 83.5 Å². The van der Waals surface area contributed by atoms with E-state index in [1.54, 1.807) is 0 Å². The maximum atomic E-state index is 2.30. The molecular formula is C48H54. The molecule has 3 aliphatic carbocycles. The van der Waals surface area contributed by atoms with E-state index in [9.17, 15) is 0 Å².